The summed E-state index contributed by atoms with van der Waals surface area (Å²) in [6, 6.07) is 11.4. The lowest BCUT2D eigenvalue weighted by atomic mass is 9.92. The van der Waals surface area contributed by atoms with Crippen LogP contribution >= 0.6 is 34.8 Å². The third kappa shape index (κ3) is 2.75. The zero-order valence-electron chi connectivity index (χ0n) is 12.6. The number of imide groups is 1. The lowest BCUT2D eigenvalue weighted by Crippen LogP contribution is -2.41. The zero-order valence-corrected chi connectivity index (χ0v) is 14.9. The van der Waals surface area contributed by atoms with Crippen LogP contribution in [-0.2, 0) is 16.9 Å². The summed E-state index contributed by atoms with van der Waals surface area (Å²) in [6.07, 6.45) is 0. The Kier molecular flexibility index (Phi) is 4.47. The van der Waals surface area contributed by atoms with Crippen molar-refractivity contribution in [2.24, 2.45) is 0 Å². The van der Waals surface area contributed by atoms with Crippen molar-refractivity contribution in [1.29, 1.82) is 0 Å². The number of carbonyl (C=O) groups is 2. The maximum atomic E-state index is 12.9. The van der Waals surface area contributed by atoms with Crippen molar-refractivity contribution in [1.82, 2.24) is 10.2 Å². The summed E-state index contributed by atoms with van der Waals surface area (Å²) in [7, 11) is 0. The fraction of sp³-hybridized carbons (Fsp3) is 0.176. The molecule has 0 bridgehead atoms. The van der Waals surface area contributed by atoms with Crippen LogP contribution in [-0.4, -0.2) is 16.8 Å². The highest BCUT2D eigenvalue weighted by Gasteiger charge is 2.49. The number of nitrogens with one attached hydrogen (secondary N) is 1. The van der Waals surface area contributed by atoms with Gasteiger partial charge in [-0.05, 0) is 25.1 Å². The molecule has 0 aromatic heterocycles. The van der Waals surface area contributed by atoms with E-state index in [4.69, 9.17) is 34.8 Å². The van der Waals surface area contributed by atoms with Crippen LogP contribution in [0.25, 0.3) is 0 Å². The van der Waals surface area contributed by atoms with Crippen LogP contribution in [0.1, 0.15) is 18.1 Å². The zero-order chi connectivity index (χ0) is 17.5. The number of nitrogens with zero attached hydrogens (tertiary/aromatic N) is 1. The Hall–Kier alpha value is -1.75. The fourth-order valence-corrected chi connectivity index (χ4v) is 3.57. The van der Waals surface area contributed by atoms with Gasteiger partial charge in [0.05, 0.1) is 6.54 Å². The molecule has 3 rings (SSSR count). The third-order valence-corrected chi connectivity index (χ3v) is 5.10. The molecule has 1 saturated heterocycles. The van der Waals surface area contributed by atoms with E-state index >= 15 is 0 Å². The first-order chi connectivity index (χ1) is 11.3. The van der Waals surface area contributed by atoms with Crippen molar-refractivity contribution >= 4 is 46.7 Å². The summed E-state index contributed by atoms with van der Waals surface area (Å²) in [5, 5.41) is 3.92. The summed E-state index contributed by atoms with van der Waals surface area (Å²) in [5.74, 6) is -0.406. The fourth-order valence-electron chi connectivity index (χ4n) is 2.73. The standard InChI is InChI=1S/C17H13Cl3N2O2/c1-17(11-5-2-3-6-14(11)20)15(23)22(16(24)21-17)9-10-12(18)7-4-8-13(10)19/h2-8H,9H2,1H3,(H,21,24)/t17-/m1/s1. The van der Waals surface area contributed by atoms with Crippen molar-refractivity contribution < 1.29 is 9.59 Å². The number of hydrogen-bond acceptors (Lipinski definition) is 2. The molecule has 4 nitrogen and oxygen atoms in total. The smallest absolute Gasteiger partial charge is 0.319 e. The first kappa shape index (κ1) is 17.1. The largest absolute Gasteiger partial charge is 0.325 e. The molecule has 0 radical (unpaired) electrons. The van der Waals surface area contributed by atoms with Crippen LogP contribution in [0.4, 0.5) is 4.79 Å². The van der Waals surface area contributed by atoms with E-state index in [-0.39, 0.29) is 6.54 Å². The molecule has 3 amide bonds. The lowest BCUT2D eigenvalue weighted by molar-refractivity contribution is -0.131. The van der Waals surface area contributed by atoms with E-state index in [1.807, 2.05) is 0 Å². The van der Waals surface area contributed by atoms with Gasteiger partial charge in [-0.15, -0.1) is 0 Å². The Balaban J connectivity index is 1.97. The molecule has 1 aliphatic rings. The van der Waals surface area contributed by atoms with Gasteiger partial charge in [0.15, 0.2) is 0 Å². The Bertz CT molecular complexity index is 820. The van der Waals surface area contributed by atoms with Crippen molar-refractivity contribution in [2.75, 3.05) is 0 Å². The van der Waals surface area contributed by atoms with E-state index in [1.165, 1.54) is 0 Å². The Labute approximate surface area is 154 Å². The Morgan fingerprint density at radius 1 is 0.958 bits per heavy atom. The molecule has 1 heterocycles. The summed E-state index contributed by atoms with van der Waals surface area (Å²) in [4.78, 5) is 26.4. The summed E-state index contributed by atoms with van der Waals surface area (Å²) < 4.78 is 0. The van der Waals surface area contributed by atoms with Crippen LogP contribution in [0.5, 0.6) is 0 Å². The van der Waals surface area contributed by atoms with E-state index in [1.54, 1.807) is 49.4 Å². The van der Waals surface area contributed by atoms with Gasteiger partial charge in [0.1, 0.15) is 5.54 Å². The van der Waals surface area contributed by atoms with Gasteiger partial charge in [-0.2, -0.15) is 0 Å². The normalized spacial score (nSPS) is 20.4. The molecule has 0 spiro atoms. The van der Waals surface area contributed by atoms with Gasteiger partial charge in [-0.25, -0.2) is 4.79 Å². The highest BCUT2D eigenvalue weighted by Crippen LogP contribution is 2.35. The van der Waals surface area contributed by atoms with E-state index < -0.39 is 17.5 Å². The monoisotopic (exact) mass is 382 g/mol. The average molecular weight is 384 g/mol. The lowest BCUT2D eigenvalue weighted by Gasteiger charge is -2.23. The van der Waals surface area contributed by atoms with E-state index in [2.05, 4.69) is 5.32 Å². The number of urea groups is 1. The average Bonchev–Trinajstić information content (AvgIpc) is 2.75. The highest BCUT2D eigenvalue weighted by atomic mass is 35.5. The summed E-state index contributed by atoms with van der Waals surface area (Å²) in [5.41, 5.74) is -0.172. The maximum Gasteiger partial charge on any atom is 0.325 e. The molecular formula is C17H13Cl3N2O2. The molecule has 1 aliphatic heterocycles. The van der Waals surface area contributed by atoms with Crippen LogP contribution in [0.2, 0.25) is 15.1 Å². The van der Waals surface area contributed by atoms with Crippen molar-refractivity contribution in [3.63, 3.8) is 0 Å². The molecule has 2 aromatic rings. The van der Waals surface area contributed by atoms with Crippen molar-refractivity contribution in [3.8, 4) is 0 Å². The minimum atomic E-state index is -1.23. The second-order valence-corrected chi connectivity index (χ2v) is 6.85. The van der Waals surface area contributed by atoms with Gasteiger partial charge in [-0.3, -0.25) is 9.69 Å². The molecule has 0 unspecified atom stereocenters. The number of rotatable bonds is 3. The van der Waals surface area contributed by atoms with Crippen LogP contribution in [0.3, 0.4) is 0 Å². The molecule has 1 atom stereocenters. The van der Waals surface area contributed by atoms with Crippen molar-refractivity contribution in [2.45, 2.75) is 19.0 Å². The number of benzene rings is 2. The molecule has 2 aromatic carbocycles. The Morgan fingerprint density at radius 2 is 1.54 bits per heavy atom. The van der Waals surface area contributed by atoms with E-state index in [9.17, 15) is 9.59 Å². The predicted molar refractivity (Wildman–Crippen MR) is 94.3 cm³/mol. The first-order valence-corrected chi connectivity index (χ1v) is 8.30. The molecule has 0 saturated carbocycles. The Morgan fingerprint density at radius 3 is 2.17 bits per heavy atom. The van der Waals surface area contributed by atoms with Crippen LogP contribution in [0.15, 0.2) is 42.5 Å². The summed E-state index contributed by atoms with van der Waals surface area (Å²) in [6.45, 7) is 1.62. The quantitative estimate of drug-likeness (QED) is 0.787. The predicted octanol–water partition coefficient (Wildman–Crippen LogP) is 4.61. The topological polar surface area (TPSA) is 49.4 Å². The molecular weight excluding hydrogens is 371 g/mol. The summed E-state index contributed by atoms with van der Waals surface area (Å²) >= 11 is 18.5. The van der Waals surface area contributed by atoms with Gasteiger partial charge in [0, 0.05) is 26.2 Å². The SMILES string of the molecule is C[C@]1(c2ccccc2Cl)NC(=O)N(Cc2c(Cl)cccc2Cl)C1=O. The van der Waals surface area contributed by atoms with E-state index in [0.29, 0.717) is 26.2 Å². The molecule has 0 aliphatic carbocycles. The second kappa shape index (κ2) is 6.28. The van der Waals surface area contributed by atoms with E-state index in [0.717, 1.165) is 4.90 Å². The minimum Gasteiger partial charge on any atom is -0.319 e. The third-order valence-electron chi connectivity index (χ3n) is 4.07. The van der Waals surface area contributed by atoms with Crippen molar-refractivity contribution in [3.05, 3.63) is 68.7 Å². The van der Waals surface area contributed by atoms with Gasteiger partial charge >= 0.3 is 6.03 Å². The van der Waals surface area contributed by atoms with Crippen LogP contribution in [0, 0.1) is 0 Å². The number of halogens is 3. The molecule has 1 N–H and O–H groups in total. The number of carbonyl (C=O) groups excluding carboxylic acids is 2. The minimum absolute atomic E-state index is 0.0107. The van der Waals surface area contributed by atoms with Gasteiger partial charge in [0.25, 0.3) is 5.91 Å². The number of hydrogen-bond donors (Lipinski definition) is 1. The molecule has 7 heteroatoms. The number of amides is 3. The van der Waals surface area contributed by atoms with Crippen LogP contribution < -0.4 is 5.32 Å². The van der Waals surface area contributed by atoms with Gasteiger partial charge in [-0.1, -0.05) is 59.1 Å². The maximum absolute atomic E-state index is 12.9. The first-order valence-electron chi connectivity index (χ1n) is 7.16. The molecule has 1 fully saturated rings. The molecule has 124 valence electrons. The second-order valence-electron chi connectivity index (χ2n) is 5.63. The van der Waals surface area contributed by atoms with Gasteiger partial charge in [0.2, 0.25) is 0 Å². The highest BCUT2D eigenvalue weighted by molar-refractivity contribution is 6.36. The van der Waals surface area contributed by atoms with Gasteiger partial charge < -0.3 is 5.32 Å². The molecule has 24 heavy (non-hydrogen) atoms.